The van der Waals surface area contributed by atoms with Crippen molar-refractivity contribution in [1.29, 1.82) is 0 Å². The number of benzene rings is 1. The highest BCUT2D eigenvalue weighted by Gasteiger charge is 2.26. The Balaban J connectivity index is 1.73. The first-order valence-electron chi connectivity index (χ1n) is 10.1. The second-order valence-corrected chi connectivity index (χ2v) is 10.3. The van der Waals surface area contributed by atoms with Gasteiger partial charge in [0.15, 0.2) is 0 Å². The molecule has 1 N–H and O–H groups in total. The number of thiophene rings is 1. The quantitative estimate of drug-likeness (QED) is 0.666. The van der Waals surface area contributed by atoms with Gasteiger partial charge in [0, 0.05) is 19.6 Å². The zero-order valence-corrected chi connectivity index (χ0v) is 19.1. The highest BCUT2D eigenvalue weighted by molar-refractivity contribution is 7.89. The Hall–Kier alpha value is -1.94. The van der Waals surface area contributed by atoms with Gasteiger partial charge in [-0.25, -0.2) is 8.42 Å². The molecule has 9 heteroatoms. The average Bonchev–Trinajstić information content (AvgIpc) is 3.05. The Labute approximate surface area is 182 Å². The van der Waals surface area contributed by atoms with E-state index in [1.807, 2.05) is 23.4 Å². The highest BCUT2D eigenvalue weighted by Crippen LogP contribution is 2.30. The lowest BCUT2D eigenvalue weighted by molar-refractivity contribution is -0.117. The largest absolute Gasteiger partial charge is 0.495 e. The van der Waals surface area contributed by atoms with E-state index < -0.39 is 10.0 Å². The van der Waals surface area contributed by atoms with Crippen molar-refractivity contribution in [2.45, 2.75) is 37.1 Å². The van der Waals surface area contributed by atoms with Crippen molar-refractivity contribution in [3.05, 3.63) is 40.6 Å². The first kappa shape index (κ1) is 22.7. The van der Waals surface area contributed by atoms with Gasteiger partial charge in [-0.1, -0.05) is 12.8 Å². The zero-order valence-electron chi connectivity index (χ0n) is 17.5. The third kappa shape index (κ3) is 5.81. The van der Waals surface area contributed by atoms with Crippen LogP contribution in [0.4, 0.5) is 5.69 Å². The van der Waals surface area contributed by atoms with Gasteiger partial charge < -0.3 is 10.1 Å². The number of hydrogen-bond donors (Lipinski definition) is 1. The number of ether oxygens (including phenoxy) is 1. The van der Waals surface area contributed by atoms with Crippen LogP contribution in [0.2, 0.25) is 0 Å². The van der Waals surface area contributed by atoms with Crippen molar-refractivity contribution >= 4 is 33.0 Å². The molecule has 0 radical (unpaired) electrons. The van der Waals surface area contributed by atoms with Crippen LogP contribution >= 0.6 is 11.3 Å². The number of likely N-dealkylation sites (N-methyl/N-ethyl adjacent to an activating group) is 1. The smallest absolute Gasteiger partial charge is 0.243 e. The van der Waals surface area contributed by atoms with E-state index in [1.54, 1.807) is 21.7 Å². The van der Waals surface area contributed by atoms with Gasteiger partial charge in [0.05, 0.1) is 24.2 Å². The van der Waals surface area contributed by atoms with Crippen molar-refractivity contribution in [1.82, 2.24) is 9.21 Å². The molecule has 164 valence electrons. The predicted octanol–water partition coefficient (Wildman–Crippen LogP) is 3.39. The molecule has 1 aliphatic heterocycles. The Morgan fingerprint density at radius 3 is 2.57 bits per heavy atom. The molecule has 1 aliphatic rings. The lowest BCUT2D eigenvalue weighted by atomic mass is 10.2. The molecular weight excluding hydrogens is 422 g/mol. The van der Waals surface area contributed by atoms with E-state index in [0.29, 0.717) is 31.1 Å². The van der Waals surface area contributed by atoms with E-state index in [0.717, 1.165) is 31.2 Å². The van der Waals surface area contributed by atoms with Gasteiger partial charge >= 0.3 is 0 Å². The van der Waals surface area contributed by atoms with Crippen molar-refractivity contribution in [3.8, 4) is 5.75 Å². The number of carbonyl (C=O) groups is 1. The van der Waals surface area contributed by atoms with E-state index in [2.05, 4.69) is 10.7 Å². The summed E-state index contributed by atoms with van der Waals surface area (Å²) in [6.07, 6.45) is 3.84. The topological polar surface area (TPSA) is 79.0 Å². The van der Waals surface area contributed by atoms with Gasteiger partial charge in [-0.2, -0.15) is 15.6 Å². The molecule has 7 nitrogen and oxygen atoms in total. The number of anilines is 1. The molecule has 0 atom stereocenters. The van der Waals surface area contributed by atoms with Gasteiger partial charge in [-0.15, -0.1) is 0 Å². The number of methoxy groups -OCH3 is 1. The molecule has 1 aromatic heterocycles. The summed E-state index contributed by atoms with van der Waals surface area (Å²) in [6, 6.07) is 6.65. The third-order valence-corrected chi connectivity index (χ3v) is 7.72. The average molecular weight is 452 g/mol. The second-order valence-electron chi connectivity index (χ2n) is 7.53. The van der Waals surface area contributed by atoms with Crippen LogP contribution in [0.5, 0.6) is 5.75 Å². The number of nitrogens with one attached hydrogen (secondary N) is 1. The Morgan fingerprint density at radius 2 is 1.93 bits per heavy atom. The number of amides is 1. The molecule has 1 saturated heterocycles. The summed E-state index contributed by atoms with van der Waals surface area (Å²) in [5.41, 5.74) is 1.51. The molecule has 1 fully saturated rings. The minimum absolute atomic E-state index is 0.173. The molecule has 2 heterocycles. The maximum atomic E-state index is 13.1. The van der Waals surface area contributed by atoms with E-state index >= 15 is 0 Å². The molecular formula is C21H29N3O4S2. The summed E-state index contributed by atoms with van der Waals surface area (Å²) in [6.45, 7) is 1.91. The highest BCUT2D eigenvalue weighted by atomic mass is 32.2. The predicted molar refractivity (Wildman–Crippen MR) is 120 cm³/mol. The molecule has 1 amide bonds. The van der Waals surface area contributed by atoms with Crippen LogP contribution in [0.15, 0.2) is 39.9 Å². The van der Waals surface area contributed by atoms with Gasteiger partial charge in [0.2, 0.25) is 15.9 Å². The first-order chi connectivity index (χ1) is 14.4. The summed E-state index contributed by atoms with van der Waals surface area (Å²) in [5, 5.41) is 6.87. The SMILES string of the molecule is COc1ccc(S(=O)(=O)N2CCCCCC2)cc1NC(=O)CN(C)Cc1ccsc1. The van der Waals surface area contributed by atoms with Crippen LogP contribution in [0, 0.1) is 0 Å². The Bertz CT molecular complexity index is 937. The fourth-order valence-electron chi connectivity index (χ4n) is 3.56. The van der Waals surface area contributed by atoms with Gasteiger partial charge in [0.1, 0.15) is 5.75 Å². The monoisotopic (exact) mass is 451 g/mol. The summed E-state index contributed by atoms with van der Waals surface area (Å²) < 4.78 is 33.1. The van der Waals surface area contributed by atoms with Crippen molar-refractivity contribution in [2.75, 3.05) is 39.1 Å². The molecule has 1 aromatic carbocycles. The van der Waals surface area contributed by atoms with E-state index in [-0.39, 0.29) is 17.3 Å². The maximum Gasteiger partial charge on any atom is 0.243 e. The lowest BCUT2D eigenvalue weighted by Gasteiger charge is -2.21. The Kier molecular flexibility index (Phi) is 7.87. The summed E-state index contributed by atoms with van der Waals surface area (Å²) in [5.74, 6) is 0.203. The second kappa shape index (κ2) is 10.4. The Morgan fingerprint density at radius 1 is 1.20 bits per heavy atom. The van der Waals surface area contributed by atoms with Crippen LogP contribution in [-0.4, -0.2) is 57.3 Å². The summed E-state index contributed by atoms with van der Waals surface area (Å²) in [7, 11) is -0.242. The number of carbonyl (C=O) groups excluding carboxylic acids is 1. The first-order valence-corrected chi connectivity index (χ1v) is 12.5. The molecule has 0 saturated carbocycles. The van der Waals surface area contributed by atoms with E-state index in [4.69, 9.17) is 4.74 Å². The van der Waals surface area contributed by atoms with Crippen LogP contribution < -0.4 is 10.1 Å². The van der Waals surface area contributed by atoms with E-state index in [1.165, 1.54) is 19.2 Å². The van der Waals surface area contributed by atoms with Gasteiger partial charge in [0.25, 0.3) is 0 Å². The molecule has 30 heavy (non-hydrogen) atoms. The minimum atomic E-state index is -3.61. The fraction of sp³-hybridized carbons (Fsp3) is 0.476. The molecule has 0 spiro atoms. The zero-order chi connectivity index (χ0) is 21.6. The van der Waals surface area contributed by atoms with Crippen molar-refractivity contribution in [3.63, 3.8) is 0 Å². The molecule has 0 bridgehead atoms. The summed E-state index contributed by atoms with van der Waals surface area (Å²) in [4.78, 5) is 14.6. The van der Waals surface area contributed by atoms with Gasteiger partial charge in [-0.05, 0) is 60.5 Å². The molecule has 3 rings (SSSR count). The van der Waals surface area contributed by atoms with Crippen LogP contribution in [-0.2, 0) is 21.4 Å². The van der Waals surface area contributed by atoms with Crippen molar-refractivity contribution in [2.24, 2.45) is 0 Å². The third-order valence-electron chi connectivity index (χ3n) is 5.09. The van der Waals surface area contributed by atoms with Gasteiger partial charge in [-0.3, -0.25) is 9.69 Å². The van der Waals surface area contributed by atoms with Crippen LogP contribution in [0.25, 0.3) is 0 Å². The van der Waals surface area contributed by atoms with Crippen LogP contribution in [0.3, 0.4) is 0 Å². The number of hydrogen-bond acceptors (Lipinski definition) is 6. The van der Waals surface area contributed by atoms with Crippen molar-refractivity contribution < 1.29 is 17.9 Å². The molecule has 0 aliphatic carbocycles. The maximum absolute atomic E-state index is 13.1. The molecule has 2 aromatic rings. The fourth-order valence-corrected chi connectivity index (χ4v) is 5.77. The number of sulfonamides is 1. The summed E-state index contributed by atoms with van der Waals surface area (Å²) >= 11 is 1.62. The van der Waals surface area contributed by atoms with E-state index in [9.17, 15) is 13.2 Å². The minimum Gasteiger partial charge on any atom is -0.495 e. The molecule has 0 unspecified atom stereocenters. The lowest BCUT2D eigenvalue weighted by Crippen LogP contribution is -2.32. The number of rotatable bonds is 8. The number of nitrogens with zero attached hydrogens (tertiary/aromatic N) is 2. The normalized spacial score (nSPS) is 15.7. The standard InChI is InChI=1S/C21H29N3O4S2/c1-23(14-17-9-12-29-16-17)15-21(25)22-19-13-18(7-8-20(19)28-2)30(26,27)24-10-5-3-4-6-11-24/h7-9,12-13,16H,3-6,10-11,14-15H2,1-2H3,(H,22,25). The van der Waals surface area contributed by atoms with Crippen LogP contribution in [0.1, 0.15) is 31.2 Å².